The highest BCUT2D eigenvalue weighted by Crippen LogP contribution is 2.27. The molecule has 1 aromatic carbocycles. The van der Waals surface area contributed by atoms with E-state index in [1.165, 1.54) is 5.56 Å². The highest BCUT2D eigenvalue weighted by Gasteiger charge is 2.22. The van der Waals surface area contributed by atoms with Gasteiger partial charge in [-0.1, -0.05) is 18.2 Å². The minimum Gasteiger partial charge on any atom is -0.488 e. The molecule has 0 aliphatic carbocycles. The van der Waals surface area contributed by atoms with Gasteiger partial charge in [-0.3, -0.25) is 4.79 Å². The Bertz CT molecular complexity index is 381. The summed E-state index contributed by atoms with van der Waals surface area (Å²) < 4.78 is 5.73. The molecular weight excluding hydrogens is 230 g/mol. The van der Waals surface area contributed by atoms with Crippen LogP contribution >= 0.6 is 0 Å². The van der Waals surface area contributed by atoms with E-state index < -0.39 is 0 Å². The number of para-hydroxylation sites is 1. The quantitative estimate of drug-likeness (QED) is 0.746. The van der Waals surface area contributed by atoms with Gasteiger partial charge in [0.15, 0.2) is 0 Å². The number of ether oxygens (including phenoxy) is 1. The van der Waals surface area contributed by atoms with Crippen molar-refractivity contribution < 1.29 is 14.6 Å². The van der Waals surface area contributed by atoms with Gasteiger partial charge in [0.1, 0.15) is 11.9 Å². The average Bonchev–Trinajstić information content (AvgIpc) is 2.79. The lowest BCUT2D eigenvalue weighted by atomic mass is 10.1. The summed E-state index contributed by atoms with van der Waals surface area (Å²) in [6.45, 7) is 0.695. The van der Waals surface area contributed by atoms with E-state index in [-0.39, 0.29) is 18.6 Å². The van der Waals surface area contributed by atoms with Gasteiger partial charge in [0.25, 0.3) is 0 Å². The Hall–Kier alpha value is -1.55. The Morgan fingerprint density at radius 2 is 2.22 bits per heavy atom. The predicted octanol–water partition coefficient (Wildman–Crippen LogP) is 1.27. The van der Waals surface area contributed by atoms with Crippen LogP contribution in [0, 0.1) is 0 Å². The Kier molecular flexibility index (Phi) is 4.59. The molecule has 0 spiro atoms. The van der Waals surface area contributed by atoms with E-state index in [1.807, 2.05) is 18.2 Å². The summed E-state index contributed by atoms with van der Waals surface area (Å²) >= 11 is 0. The molecule has 0 fully saturated rings. The van der Waals surface area contributed by atoms with Gasteiger partial charge in [0.2, 0.25) is 5.91 Å². The lowest BCUT2D eigenvalue weighted by Gasteiger charge is -2.11. The number of unbranched alkanes of at least 4 members (excludes halogenated alkanes) is 1. The second-order valence-corrected chi connectivity index (χ2v) is 4.54. The zero-order chi connectivity index (χ0) is 12.8. The van der Waals surface area contributed by atoms with Crippen LogP contribution in [0.5, 0.6) is 5.75 Å². The summed E-state index contributed by atoms with van der Waals surface area (Å²) in [4.78, 5) is 11.5. The van der Waals surface area contributed by atoms with Crippen LogP contribution in [0.2, 0.25) is 0 Å². The van der Waals surface area contributed by atoms with E-state index in [4.69, 9.17) is 9.84 Å². The van der Waals surface area contributed by atoms with E-state index >= 15 is 0 Å². The van der Waals surface area contributed by atoms with Crippen LogP contribution in [0.25, 0.3) is 0 Å². The molecule has 1 heterocycles. The number of rotatable bonds is 6. The maximum Gasteiger partial charge on any atom is 0.220 e. The van der Waals surface area contributed by atoms with Gasteiger partial charge in [-0.05, 0) is 24.5 Å². The molecular formula is C14H19NO3. The first kappa shape index (κ1) is 12.9. The second-order valence-electron chi connectivity index (χ2n) is 4.54. The Morgan fingerprint density at radius 1 is 1.39 bits per heavy atom. The number of hydrogen-bond acceptors (Lipinski definition) is 3. The lowest BCUT2D eigenvalue weighted by Crippen LogP contribution is -2.34. The monoisotopic (exact) mass is 249 g/mol. The molecule has 4 nitrogen and oxygen atoms in total. The molecule has 2 N–H and O–H groups in total. The number of nitrogens with one attached hydrogen (secondary N) is 1. The molecule has 4 heteroatoms. The molecule has 0 saturated carbocycles. The summed E-state index contributed by atoms with van der Waals surface area (Å²) in [7, 11) is 0. The first-order chi connectivity index (χ1) is 8.79. The van der Waals surface area contributed by atoms with Crippen molar-refractivity contribution in [1.29, 1.82) is 0 Å². The van der Waals surface area contributed by atoms with E-state index in [2.05, 4.69) is 11.4 Å². The molecule has 0 radical (unpaired) electrons. The van der Waals surface area contributed by atoms with Gasteiger partial charge in [-0.25, -0.2) is 0 Å². The van der Waals surface area contributed by atoms with E-state index in [0.29, 0.717) is 19.4 Å². The lowest BCUT2D eigenvalue weighted by molar-refractivity contribution is -0.121. The highest BCUT2D eigenvalue weighted by molar-refractivity contribution is 5.75. The van der Waals surface area contributed by atoms with Crippen molar-refractivity contribution in [3.63, 3.8) is 0 Å². The minimum atomic E-state index is 0.0306. The molecule has 0 saturated heterocycles. The maximum atomic E-state index is 11.5. The molecule has 0 aromatic heterocycles. The van der Waals surface area contributed by atoms with Crippen molar-refractivity contribution in [2.75, 3.05) is 13.2 Å². The Labute approximate surface area is 107 Å². The molecule has 18 heavy (non-hydrogen) atoms. The van der Waals surface area contributed by atoms with Gasteiger partial charge in [0.05, 0.1) is 6.54 Å². The third-order valence-electron chi connectivity index (χ3n) is 3.05. The van der Waals surface area contributed by atoms with Crippen molar-refractivity contribution in [2.45, 2.75) is 31.8 Å². The van der Waals surface area contributed by atoms with Gasteiger partial charge in [0, 0.05) is 19.4 Å². The van der Waals surface area contributed by atoms with Gasteiger partial charge < -0.3 is 15.2 Å². The number of carbonyl (C=O) groups excluding carboxylic acids is 1. The second kappa shape index (κ2) is 6.40. The smallest absolute Gasteiger partial charge is 0.220 e. The summed E-state index contributed by atoms with van der Waals surface area (Å²) in [5.41, 5.74) is 1.21. The maximum absolute atomic E-state index is 11.5. The van der Waals surface area contributed by atoms with Gasteiger partial charge in [-0.2, -0.15) is 0 Å². The number of carbonyl (C=O) groups is 1. The van der Waals surface area contributed by atoms with Crippen LogP contribution in [0.15, 0.2) is 24.3 Å². The molecule has 1 atom stereocenters. The fraction of sp³-hybridized carbons (Fsp3) is 0.500. The van der Waals surface area contributed by atoms with Crippen molar-refractivity contribution in [3.05, 3.63) is 29.8 Å². The molecule has 1 aliphatic rings. The number of fused-ring (bicyclic) bond motifs is 1. The number of hydrogen-bond donors (Lipinski definition) is 2. The number of aliphatic hydroxyl groups excluding tert-OH is 1. The molecule has 98 valence electrons. The molecule has 0 bridgehead atoms. The van der Waals surface area contributed by atoms with E-state index in [0.717, 1.165) is 18.6 Å². The molecule has 2 rings (SSSR count). The Morgan fingerprint density at radius 3 is 3.00 bits per heavy atom. The van der Waals surface area contributed by atoms with Gasteiger partial charge in [-0.15, -0.1) is 0 Å². The Balaban J connectivity index is 1.69. The number of amides is 1. The van der Waals surface area contributed by atoms with E-state index in [1.54, 1.807) is 0 Å². The topological polar surface area (TPSA) is 58.6 Å². The third-order valence-corrected chi connectivity index (χ3v) is 3.05. The summed E-state index contributed by atoms with van der Waals surface area (Å²) in [6, 6.07) is 7.96. The third kappa shape index (κ3) is 3.47. The minimum absolute atomic E-state index is 0.0306. The molecule has 1 amide bonds. The highest BCUT2D eigenvalue weighted by atomic mass is 16.5. The van der Waals surface area contributed by atoms with Crippen LogP contribution in [0.4, 0.5) is 0 Å². The molecule has 1 aliphatic heterocycles. The van der Waals surface area contributed by atoms with Crippen molar-refractivity contribution >= 4 is 5.91 Å². The first-order valence-corrected chi connectivity index (χ1v) is 6.41. The van der Waals surface area contributed by atoms with Crippen LogP contribution in [-0.2, 0) is 11.2 Å². The zero-order valence-electron chi connectivity index (χ0n) is 10.4. The molecule has 1 aromatic rings. The summed E-state index contributed by atoms with van der Waals surface area (Å²) in [5.74, 6) is 0.958. The van der Waals surface area contributed by atoms with Crippen molar-refractivity contribution in [2.24, 2.45) is 0 Å². The van der Waals surface area contributed by atoms with E-state index in [9.17, 15) is 4.79 Å². The van der Waals surface area contributed by atoms with Gasteiger partial charge >= 0.3 is 0 Å². The zero-order valence-corrected chi connectivity index (χ0v) is 10.4. The fourth-order valence-corrected chi connectivity index (χ4v) is 2.08. The normalized spacial score (nSPS) is 17.1. The SMILES string of the molecule is O=C(CCCCO)NCC1Cc2ccccc2O1. The largest absolute Gasteiger partial charge is 0.488 e. The fourth-order valence-electron chi connectivity index (χ4n) is 2.08. The number of aliphatic hydroxyl groups is 1. The van der Waals surface area contributed by atoms with Crippen LogP contribution in [-0.4, -0.2) is 30.3 Å². The van der Waals surface area contributed by atoms with Crippen LogP contribution < -0.4 is 10.1 Å². The average molecular weight is 249 g/mol. The summed E-state index contributed by atoms with van der Waals surface area (Å²) in [6.07, 6.45) is 2.78. The number of benzene rings is 1. The predicted molar refractivity (Wildman–Crippen MR) is 68.5 cm³/mol. The van der Waals surface area contributed by atoms with Crippen LogP contribution in [0.3, 0.4) is 0 Å². The van der Waals surface area contributed by atoms with Crippen LogP contribution in [0.1, 0.15) is 24.8 Å². The van der Waals surface area contributed by atoms with Crippen molar-refractivity contribution in [3.8, 4) is 5.75 Å². The van der Waals surface area contributed by atoms with Crippen molar-refractivity contribution in [1.82, 2.24) is 5.32 Å². The standard InChI is InChI=1S/C14H19NO3/c16-8-4-3-7-14(17)15-10-12-9-11-5-1-2-6-13(11)18-12/h1-2,5-6,12,16H,3-4,7-10H2,(H,15,17). The first-order valence-electron chi connectivity index (χ1n) is 6.41. The molecule has 1 unspecified atom stereocenters. The summed E-state index contributed by atoms with van der Waals surface area (Å²) in [5, 5.41) is 11.5.